The van der Waals surface area contributed by atoms with Crippen LogP contribution in [-0.4, -0.2) is 25.1 Å². The van der Waals surface area contributed by atoms with Crippen LogP contribution in [0.5, 0.6) is 5.75 Å². The van der Waals surface area contributed by atoms with Crippen LogP contribution in [0.15, 0.2) is 42.5 Å². The van der Waals surface area contributed by atoms with Crippen molar-refractivity contribution < 1.29 is 19.1 Å². The van der Waals surface area contributed by atoms with Gasteiger partial charge in [0.1, 0.15) is 5.75 Å². The van der Waals surface area contributed by atoms with E-state index in [4.69, 9.17) is 27.9 Å². The topological polar surface area (TPSA) is 64.6 Å². The molecule has 0 bridgehead atoms. The first-order chi connectivity index (χ1) is 11.4. The zero-order valence-electron chi connectivity index (χ0n) is 13.0. The van der Waals surface area contributed by atoms with Gasteiger partial charge in [-0.2, -0.15) is 0 Å². The Kier molecular flexibility index (Phi) is 6.06. The lowest BCUT2D eigenvalue weighted by Crippen LogP contribution is -2.30. The van der Waals surface area contributed by atoms with Gasteiger partial charge in [-0.25, -0.2) is 4.79 Å². The first-order valence-corrected chi connectivity index (χ1v) is 7.76. The van der Waals surface area contributed by atoms with Gasteiger partial charge in [0.05, 0.1) is 12.7 Å². The lowest BCUT2D eigenvalue weighted by Gasteiger charge is -2.15. The second-order valence-corrected chi connectivity index (χ2v) is 5.80. The van der Waals surface area contributed by atoms with Gasteiger partial charge in [0, 0.05) is 15.7 Å². The molecule has 24 heavy (non-hydrogen) atoms. The van der Waals surface area contributed by atoms with Crippen molar-refractivity contribution in [2.45, 2.75) is 13.0 Å². The standard InChI is InChI=1S/C17H15Cl2NO4/c1-10(16(21)20-14-8-12(18)7-13(19)9-14)24-15-5-3-11(4-6-15)17(22)23-2/h3-10H,1-2H3,(H,20,21)/t10-/m0/s1. The van der Waals surface area contributed by atoms with E-state index in [2.05, 4.69) is 10.1 Å². The number of methoxy groups -OCH3 is 1. The second-order valence-electron chi connectivity index (χ2n) is 4.92. The number of anilines is 1. The molecule has 126 valence electrons. The monoisotopic (exact) mass is 367 g/mol. The summed E-state index contributed by atoms with van der Waals surface area (Å²) in [7, 11) is 1.31. The normalized spacial score (nSPS) is 11.5. The van der Waals surface area contributed by atoms with Crippen molar-refractivity contribution in [2.75, 3.05) is 12.4 Å². The van der Waals surface area contributed by atoms with Gasteiger partial charge >= 0.3 is 5.97 Å². The van der Waals surface area contributed by atoms with Gasteiger partial charge in [0.2, 0.25) is 0 Å². The minimum Gasteiger partial charge on any atom is -0.481 e. The Balaban J connectivity index is 1.99. The summed E-state index contributed by atoms with van der Waals surface area (Å²) in [5, 5.41) is 3.52. The SMILES string of the molecule is COC(=O)c1ccc(O[C@@H](C)C(=O)Nc2cc(Cl)cc(Cl)c2)cc1. The van der Waals surface area contributed by atoms with E-state index >= 15 is 0 Å². The number of amides is 1. The number of benzene rings is 2. The van der Waals surface area contributed by atoms with Crippen LogP contribution in [0, 0.1) is 0 Å². The largest absolute Gasteiger partial charge is 0.481 e. The minimum atomic E-state index is -0.758. The predicted molar refractivity (Wildman–Crippen MR) is 93.0 cm³/mol. The summed E-state index contributed by atoms with van der Waals surface area (Å²) in [6.07, 6.45) is -0.758. The van der Waals surface area contributed by atoms with Gasteiger partial charge in [-0.1, -0.05) is 23.2 Å². The molecule has 0 saturated heterocycles. The van der Waals surface area contributed by atoms with Crippen LogP contribution < -0.4 is 10.1 Å². The molecule has 2 aromatic rings. The Morgan fingerprint density at radius 1 is 1.04 bits per heavy atom. The number of nitrogens with one attached hydrogen (secondary N) is 1. The first kappa shape index (κ1) is 18.1. The summed E-state index contributed by atoms with van der Waals surface area (Å²) in [6, 6.07) is 11.0. The van der Waals surface area contributed by atoms with Crippen molar-refractivity contribution in [3.8, 4) is 5.75 Å². The molecule has 0 unspecified atom stereocenters. The van der Waals surface area contributed by atoms with Gasteiger partial charge in [-0.3, -0.25) is 4.79 Å². The van der Waals surface area contributed by atoms with Crippen LogP contribution in [0.2, 0.25) is 10.0 Å². The molecule has 1 amide bonds. The van der Waals surface area contributed by atoms with Crippen LogP contribution in [0.1, 0.15) is 17.3 Å². The van der Waals surface area contributed by atoms with Crippen molar-refractivity contribution in [3.63, 3.8) is 0 Å². The molecule has 2 aromatic carbocycles. The fourth-order valence-electron chi connectivity index (χ4n) is 1.91. The molecule has 0 saturated carbocycles. The molecular formula is C17H15Cl2NO4. The molecule has 1 atom stereocenters. The molecule has 0 spiro atoms. The Morgan fingerprint density at radius 3 is 2.17 bits per heavy atom. The van der Waals surface area contributed by atoms with Crippen LogP contribution in [0.3, 0.4) is 0 Å². The fraction of sp³-hybridized carbons (Fsp3) is 0.176. The van der Waals surface area contributed by atoms with E-state index in [9.17, 15) is 9.59 Å². The molecule has 0 aliphatic heterocycles. The van der Waals surface area contributed by atoms with Gasteiger partial charge in [-0.15, -0.1) is 0 Å². The maximum absolute atomic E-state index is 12.2. The van der Waals surface area contributed by atoms with Crippen LogP contribution in [0.25, 0.3) is 0 Å². The third-order valence-corrected chi connectivity index (χ3v) is 3.52. The van der Waals surface area contributed by atoms with E-state index in [-0.39, 0.29) is 5.91 Å². The van der Waals surface area contributed by atoms with E-state index in [1.807, 2.05) is 0 Å². The first-order valence-electron chi connectivity index (χ1n) is 7.01. The van der Waals surface area contributed by atoms with Crippen molar-refractivity contribution in [1.82, 2.24) is 0 Å². The lowest BCUT2D eigenvalue weighted by molar-refractivity contribution is -0.122. The lowest BCUT2D eigenvalue weighted by atomic mass is 10.2. The number of hydrogen-bond donors (Lipinski definition) is 1. The van der Waals surface area contributed by atoms with Gasteiger partial charge in [0.15, 0.2) is 6.10 Å². The smallest absolute Gasteiger partial charge is 0.337 e. The molecule has 0 fully saturated rings. The molecule has 0 heterocycles. The highest BCUT2D eigenvalue weighted by atomic mass is 35.5. The van der Waals surface area contributed by atoms with Crippen molar-refractivity contribution >= 4 is 40.8 Å². The van der Waals surface area contributed by atoms with Crippen LogP contribution in [-0.2, 0) is 9.53 Å². The Hall–Kier alpha value is -2.24. The summed E-state index contributed by atoms with van der Waals surface area (Å²) in [4.78, 5) is 23.5. The quantitative estimate of drug-likeness (QED) is 0.804. The van der Waals surface area contributed by atoms with E-state index in [1.54, 1.807) is 49.4 Å². The molecule has 1 N–H and O–H groups in total. The molecule has 0 aliphatic rings. The summed E-state index contributed by atoms with van der Waals surface area (Å²) >= 11 is 11.8. The molecule has 2 rings (SSSR count). The summed E-state index contributed by atoms with van der Waals surface area (Å²) in [5.74, 6) is -0.343. The summed E-state index contributed by atoms with van der Waals surface area (Å²) in [6.45, 7) is 1.61. The number of esters is 1. The predicted octanol–water partition coefficient (Wildman–Crippen LogP) is 4.19. The highest BCUT2D eigenvalue weighted by Crippen LogP contribution is 2.23. The van der Waals surface area contributed by atoms with Gasteiger partial charge in [-0.05, 0) is 49.4 Å². The van der Waals surface area contributed by atoms with E-state index in [1.165, 1.54) is 7.11 Å². The molecule has 0 aliphatic carbocycles. The number of carbonyl (C=O) groups excluding carboxylic acids is 2. The number of rotatable bonds is 5. The number of hydrogen-bond acceptors (Lipinski definition) is 4. The maximum Gasteiger partial charge on any atom is 0.337 e. The maximum atomic E-state index is 12.2. The van der Waals surface area contributed by atoms with Crippen molar-refractivity contribution in [1.29, 1.82) is 0 Å². The minimum absolute atomic E-state index is 0.356. The Labute approximate surface area is 149 Å². The zero-order valence-corrected chi connectivity index (χ0v) is 14.5. The average Bonchev–Trinajstić information content (AvgIpc) is 2.53. The number of carbonyl (C=O) groups is 2. The molecular weight excluding hydrogens is 353 g/mol. The van der Waals surface area contributed by atoms with Crippen LogP contribution >= 0.6 is 23.2 Å². The van der Waals surface area contributed by atoms with E-state index in [0.717, 1.165) is 0 Å². The highest BCUT2D eigenvalue weighted by molar-refractivity contribution is 6.35. The molecule has 0 aromatic heterocycles. The number of halogens is 2. The Bertz CT molecular complexity index is 727. The summed E-state index contributed by atoms with van der Waals surface area (Å²) < 4.78 is 10.2. The van der Waals surface area contributed by atoms with Gasteiger partial charge < -0.3 is 14.8 Å². The fourth-order valence-corrected chi connectivity index (χ4v) is 2.44. The molecule has 0 radical (unpaired) electrons. The van der Waals surface area contributed by atoms with Crippen LogP contribution in [0.4, 0.5) is 5.69 Å². The van der Waals surface area contributed by atoms with Crippen molar-refractivity contribution in [2.24, 2.45) is 0 Å². The van der Waals surface area contributed by atoms with Crippen molar-refractivity contribution in [3.05, 3.63) is 58.1 Å². The third kappa shape index (κ3) is 4.88. The summed E-state index contributed by atoms with van der Waals surface area (Å²) in [5.41, 5.74) is 0.879. The van der Waals surface area contributed by atoms with E-state index < -0.39 is 12.1 Å². The van der Waals surface area contributed by atoms with E-state index in [0.29, 0.717) is 27.0 Å². The second kappa shape index (κ2) is 8.04. The molecule has 7 heteroatoms. The number of ether oxygens (including phenoxy) is 2. The zero-order chi connectivity index (χ0) is 17.7. The highest BCUT2D eigenvalue weighted by Gasteiger charge is 2.16. The van der Waals surface area contributed by atoms with Gasteiger partial charge in [0.25, 0.3) is 5.91 Å². The third-order valence-electron chi connectivity index (χ3n) is 3.09. The average molecular weight is 368 g/mol. The Morgan fingerprint density at radius 2 is 1.62 bits per heavy atom. The molecule has 5 nitrogen and oxygen atoms in total.